The molecule has 3 aromatic rings. The number of carbonyl (C=O) groups excluding carboxylic acids is 1. The number of benzene rings is 2. The maximum absolute atomic E-state index is 13.1. The fraction of sp³-hybridized carbons (Fsp3) is 0.118. The van der Waals surface area contributed by atoms with Gasteiger partial charge >= 0.3 is 0 Å². The first-order valence-corrected chi connectivity index (χ1v) is 8.18. The van der Waals surface area contributed by atoms with Crippen LogP contribution >= 0.6 is 11.9 Å². The van der Waals surface area contributed by atoms with E-state index < -0.39 is 6.43 Å². The summed E-state index contributed by atoms with van der Waals surface area (Å²) in [5.74, 6) is -0.175. The summed E-state index contributed by atoms with van der Waals surface area (Å²) in [4.78, 5) is 16.4. The zero-order valence-corrected chi connectivity index (χ0v) is 13.2. The van der Waals surface area contributed by atoms with Gasteiger partial charge in [0, 0.05) is 26.9 Å². The lowest BCUT2D eigenvalue weighted by molar-refractivity contribution is -0.115. The Hall–Kier alpha value is -2.38. The van der Waals surface area contributed by atoms with Crippen LogP contribution in [0.5, 0.6) is 0 Å². The highest BCUT2D eigenvalue weighted by Gasteiger charge is 2.24. The van der Waals surface area contributed by atoms with Crippen molar-refractivity contribution in [3.05, 3.63) is 47.5 Å². The number of nitrogens with two attached hydrogens (primary N) is 1. The van der Waals surface area contributed by atoms with Crippen molar-refractivity contribution < 1.29 is 13.6 Å². The summed E-state index contributed by atoms with van der Waals surface area (Å²) < 4.78 is 26.2. The summed E-state index contributed by atoms with van der Waals surface area (Å²) in [6.45, 7) is 0. The van der Waals surface area contributed by atoms with E-state index in [0.29, 0.717) is 16.9 Å². The number of nitrogens with one attached hydrogen (secondary N) is 2. The van der Waals surface area contributed by atoms with Crippen molar-refractivity contribution in [1.29, 1.82) is 0 Å². The van der Waals surface area contributed by atoms with Crippen molar-refractivity contribution in [1.82, 2.24) is 4.98 Å². The van der Waals surface area contributed by atoms with Gasteiger partial charge in [-0.25, -0.2) is 8.78 Å². The number of H-pyrrole nitrogens is 1. The molecule has 24 heavy (non-hydrogen) atoms. The van der Waals surface area contributed by atoms with Crippen LogP contribution in [0.15, 0.2) is 41.3 Å². The second-order valence-corrected chi connectivity index (χ2v) is 6.34. The Morgan fingerprint density at radius 3 is 2.75 bits per heavy atom. The Balaban J connectivity index is 2.01. The first-order chi connectivity index (χ1) is 11.6. The maximum Gasteiger partial charge on any atom is 0.263 e. The third kappa shape index (κ3) is 2.37. The van der Waals surface area contributed by atoms with Gasteiger partial charge in [-0.1, -0.05) is 6.07 Å². The molecular formula is C17H13F2N3OS. The summed E-state index contributed by atoms with van der Waals surface area (Å²) in [5, 5.41) is 9.28. The fourth-order valence-electron chi connectivity index (χ4n) is 3.08. The molecule has 0 spiro atoms. The van der Waals surface area contributed by atoms with Crippen molar-refractivity contribution >= 4 is 34.4 Å². The van der Waals surface area contributed by atoms with Gasteiger partial charge in [-0.15, -0.1) is 0 Å². The van der Waals surface area contributed by atoms with Crippen LogP contribution < -0.4 is 10.5 Å². The van der Waals surface area contributed by atoms with E-state index >= 15 is 0 Å². The molecule has 7 heteroatoms. The Kier molecular flexibility index (Phi) is 3.54. The highest BCUT2D eigenvalue weighted by Crippen LogP contribution is 2.39. The van der Waals surface area contributed by atoms with Crippen LogP contribution in [-0.2, 0) is 11.2 Å². The first kappa shape index (κ1) is 15.2. The average molecular weight is 345 g/mol. The molecule has 2 aromatic carbocycles. The number of halogens is 2. The molecule has 0 unspecified atom stereocenters. The molecule has 4 N–H and O–H groups in total. The van der Waals surface area contributed by atoms with Crippen molar-refractivity contribution in [2.24, 2.45) is 5.14 Å². The van der Waals surface area contributed by atoms with Gasteiger partial charge in [-0.2, -0.15) is 0 Å². The van der Waals surface area contributed by atoms with Crippen LogP contribution in [0.3, 0.4) is 0 Å². The normalized spacial score (nSPS) is 13.6. The SMILES string of the molecule is NSc1ccc2[nH]c3c(c2c1)CC(=O)Nc1ccc(C(F)F)cc1-3. The lowest BCUT2D eigenvalue weighted by atomic mass is 10.0. The third-order valence-electron chi connectivity index (χ3n) is 4.19. The number of alkyl halides is 2. The Morgan fingerprint density at radius 2 is 2.00 bits per heavy atom. The monoisotopic (exact) mass is 345 g/mol. The number of hydrogen-bond acceptors (Lipinski definition) is 3. The van der Waals surface area contributed by atoms with E-state index in [1.807, 2.05) is 18.2 Å². The van der Waals surface area contributed by atoms with Crippen LogP contribution in [0, 0.1) is 0 Å². The molecule has 0 saturated heterocycles. The molecule has 4 nitrogen and oxygen atoms in total. The van der Waals surface area contributed by atoms with Gasteiger partial charge in [0.2, 0.25) is 5.91 Å². The van der Waals surface area contributed by atoms with Crippen LogP contribution in [0.25, 0.3) is 22.2 Å². The number of aromatic amines is 1. The van der Waals surface area contributed by atoms with Crippen molar-refractivity contribution in [2.45, 2.75) is 17.7 Å². The summed E-state index contributed by atoms with van der Waals surface area (Å²) in [6.07, 6.45) is -2.39. The van der Waals surface area contributed by atoms with E-state index in [1.54, 1.807) is 0 Å². The Bertz CT molecular complexity index is 968. The van der Waals surface area contributed by atoms with Gasteiger partial charge in [0.15, 0.2) is 0 Å². The molecule has 122 valence electrons. The molecule has 0 atom stereocenters. The summed E-state index contributed by atoms with van der Waals surface area (Å²) in [7, 11) is 0. The number of anilines is 1. The van der Waals surface area contributed by atoms with E-state index in [2.05, 4.69) is 10.3 Å². The summed E-state index contributed by atoms with van der Waals surface area (Å²) in [6, 6.07) is 9.95. The molecular weight excluding hydrogens is 332 g/mol. The predicted molar refractivity (Wildman–Crippen MR) is 91.1 cm³/mol. The largest absolute Gasteiger partial charge is 0.354 e. The number of aromatic nitrogens is 1. The predicted octanol–water partition coefficient (Wildman–Crippen LogP) is 4.23. The second kappa shape index (κ2) is 5.61. The maximum atomic E-state index is 13.1. The van der Waals surface area contributed by atoms with Crippen LogP contribution in [0.1, 0.15) is 17.6 Å². The molecule has 1 aliphatic rings. The minimum absolute atomic E-state index is 0.0762. The number of fused-ring (bicyclic) bond motifs is 5. The minimum atomic E-state index is -2.57. The molecule has 4 rings (SSSR count). The number of rotatable bonds is 2. The topological polar surface area (TPSA) is 70.9 Å². The molecule has 1 amide bonds. The van der Waals surface area contributed by atoms with Gasteiger partial charge in [-0.3, -0.25) is 9.93 Å². The van der Waals surface area contributed by atoms with E-state index in [0.717, 1.165) is 33.3 Å². The van der Waals surface area contributed by atoms with E-state index in [9.17, 15) is 13.6 Å². The molecule has 2 heterocycles. The minimum Gasteiger partial charge on any atom is -0.354 e. The highest BCUT2D eigenvalue weighted by atomic mass is 32.2. The molecule has 1 aliphatic heterocycles. The molecule has 0 radical (unpaired) electrons. The van der Waals surface area contributed by atoms with Crippen molar-refractivity contribution in [3.63, 3.8) is 0 Å². The molecule has 0 bridgehead atoms. The van der Waals surface area contributed by atoms with Gasteiger partial charge in [-0.05, 0) is 47.8 Å². The number of carbonyl (C=O) groups is 1. The first-order valence-electron chi connectivity index (χ1n) is 7.30. The number of hydrogen-bond donors (Lipinski definition) is 3. The zero-order chi connectivity index (χ0) is 16.8. The van der Waals surface area contributed by atoms with Crippen molar-refractivity contribution in [3.8, 4) is 11.3 Å². The second-order valence-electron chi connectivity index (χ2n) is 5.63. The quantitative estimate of drug-likeness (QED) is 0.609. The molecule has 0 saturated carbocycles. The van der Waals surface area contributed by atoms with Gasteiger partial charge in [0.05, 0.1) is 17.8 Å². The van der Waals surface area contributed by atoms with Gasteiger partial charge in [0.1, 0.15) is 0 Å². The van der Waals surface area contributed by atoms with Crippen LogP contribution in [0.2, 0.25) is 0 Å². The van der Waals surface area contributed by atoms with Crippen LogP contribution in [0.4, 0.5) is 14.5 Å². The van der Waals surface area contributed by atoms with Gasteiger partial charge < -0.3 is 10.3 Å². The smallest absolute Gasteiger partial charge is 0.263 e. The van der Waals surface area contributed by atoms with E-state index in [4.69, 9.17) is 5.14 Å². The molecule has 0 aliphatic carbocycles. The lowest BCUT2D eigenvalue weighted by Gasteiger charge is -2.09. The Labute approximate surface area is 140 Å². The van der Waals surface area contributed by atoms with E-state index in [1.165, 1.54) is 18.2 Å². The molecule has 1 aromatic heterocycles. The Morgan fingerprint density at radius 1 is 1.17 bits per heavy atom. The highest BCUT2D eigenvalue weighted by molar-refractivity contribution is 7.97. The number of amides is 1. The van der Waals surface area contributed by atoms with Gasteiger partial charge in [0.25, 0.3) is 6.43 Å². The van der Waals surface area contributed by atoms with Crippen LogP contribution in [-0.4, -0.2) is 10.9 Å². The zero-order valence-electron chi connectivity index (χ0n) is 12.4. The standard InChI is InChI=1S/C17H13F2N3OS/c18-17(19)8-1-3-14-12(5-8)16-11(7-15(23)21-14)10-6-9(24-20)2-4-13(10)22-16/h1-6,17,22H,7,20H2,(H,21,23). The third-order valence-corrected chi connectivity index (χ3v) is 4.72. The fourth-order valence-corrected chi connectivity index (χ4v) is 3.41. The molecule has 0 fully saturated rings. The van der Waals surface area contributed by atoms with Crippen molar-refractivity contribution in [2.75, 3.05) is 5.32 Å². The lowest BCUT2D eigenvalue weighted by Crippen LogP contribution is -2.12. The summed E-state index contributed by atoms with van der Waals surface area (Å²) >= 11 is 1.12. The summed E-state index contributed by atoms with van der Waals surface area (Å²) in [5.41, 5.74) is 3.37. The average Bonchev–Trinajstić information content (AvgIpc) is 2.85. The van der Waals surface area contributed by atoms with E-state index in [-0.39, 0.29) is 17.9 Å².